The van der Waals surface area contributed by atoms with E-state index in [1.165, 1.54) is 12.1 Å². The maximum Gasteiger partial charge on any atom is 0.282 e. The minimum absolute atomic E-state index is 0.101. The van der Waals surface area contributed by atoms with Crippen molar-refractivity contribution >= 4 is 11.6 Å². The number of nitro benzene ring substituents is 1. The van der Waals surface area contributed by atoms with Gasteiger partial charge in [-0.1, -0.05) is 26.0 Å². The van der Waals surface area contributed by atoms with Crippen LogP contribution in [0, 0.1) is 16.0 Å². The molecule has 0 aliphatic carbocycles. The number of carbonyl (C=O) groups is 1. The third-order valence-electron chi connectivity index (χ3n) is 3.32. The summed E-state index contributed by atoms with van der Waals surface area (Å²) < 4.78 is 0. The van der Waals surface area contributed by atoms with Crippen LogP contribution < -0.4 is 5.32 Å². The van der Waals surface area contributed by atoms with Crippen molar-refractivity contribution in [2.45, 2.75) is 26.3 Å². The summed E-state index contributed by atoms with van der Waals surface area (Å²) in [4.78, 5) is 24.6. The summed E-state index contributed by atoms with van der Waals surface area (Å²) in [6, 6.07) is 6.19. The van der Waals surface area contributed by atoms with Gasteiger partial charge in [0.2, 0.25) is 0 Å². The quantitative estimate of drug-likeness (QED) is 0.618. The predicted molar refractivity (Wildman–Crippen MR) is 82.4 cm³/mol. The normalized spacial score (nSPS) is 12.5. The van der Waals surface area contributed by atoms with Gasteiger partial charge in [0.15, 0.2) is 0 Å². The molecule has 1 aromatic carbocycles. The van der Waals surface area contributed by atoms with Gasteiger partial charge in [-0.3, -0.25) is 14.9 Å². The zero-order valence-corrected chi connectivity index (χ0v) is 13.0. The van der Waals surface area contributed by atoms with Gasteiger partial charge in [-0.25, -0.2) is 0 Å². The van der Waals surface area contributed by atoms with Crippen molar-refractivity contribution in [3.8, 4) is 0 Å². The van der Waals surface area contributed by atoms with E-state index in [9.17, 15) is 14.9 Å². The third-order valence-corrected chi connectivity index (χ3v) is 3.32. The van der Waals surface area contributed by atoms with Crippen LogP contribution in [0.5, 0.6) is 0 Å². The number of para-hydroxylation sites is 1. The van der Waals surface area contributed by atoms with Crippen LogP contribution in [0.4, 0.5) is 5.69 Å². The van der Waals surface area contributed by atoms with E-state index in [0.29, 0.717) is 12.5 Å². The molecule has 21 heavy (non-hydrogen) atoms. The number of rotatable bonds is 7. The highest BCUT2D eigenvalue weighted by Crippen LogP contribution is 2.17. The van der Waals surface area contributed by atoms with Gasteiger partial charge in [-0.2, -0.15) is 0 Å². The fourth-order valence-corrected chi connectivity index (χ4v) is 2.15. The zero-order chi connectivity index (χ0) is 16.0. The molecule has 0 spiro atoms. The molecule has 0 saturated carbocycles. The molecule has 0 unspecified atom stereocenters. The Bertz CT molecular complexity index is 501. The number of carbonyl (C=O) groups excluding carboxylic acids is 1. The van der Waals surface area contributed by atoms with Crippen LogP contribution in [0.15, 0.2) is 24.3 Å². The molecular formula is C15H23N3O3. The number of nitro groups is 1. The molecule has 0 aliphatic rings. The summed E-state index contributed by atoms with van der Waals surface area (Å²) in [7, 11) is 3.92. The number of amides is 1. The topological polar surface area (TPSA) is 75.5 Å². The number of hydrogen-bond acceptors (Lipinski definition) is 4. The molecule has 1 aromatic rings. The molecule has 0 fully saturated rings. The van der Waals surface area contributed by atoms with Crippen LogP contribution >= 0.6 is 0 Å². The SMILES string of the molecule is CC(C)C[C@@H](CNC(=O)c1ccccc1[N+](=O)[O-])N(C)C. The summed E-state index contributed by atoms with van der Waals surface area (Å²) >= 11 is 0. The Morgan fingerprint density at radius 3 is 2.48 bits per heavy atom. The van der Waals surface area contributed by atoms with Gasteiger partial charge in [-0.05, 0) is 32.5 Å². The summed E-state index contributed by atoms with van der Waals surface area (Å²) in [5.74, 6) is 0.110. The Morgan fingerprint density at radius 2 is 1.95 bits per heavy atom. The fourth-order valence-electron chi connectivity index (χ4n) is 2.15. The Balaban J connectivity index is 2.75. The maximum atomic E-state index is 12.1. The number of nitrogens with zero attached hydrogens (tertiary/aromatic N) is 2. The number of nitrogens with one attached hydrogen (secondary N) is 1. The van der Waals surface area contributed by atoms with Crippen LogP contribution in [0.2, 0.25) is 0 Å². The lowest BCUT2D eigenvalue weighted by molar-refractivity contribution is -0.385. The predicted octanol–water partition coefficient (Wildman–Crippen LogP) is 2.30. The second-order valence-corrected chi connectivity index (χ2v) is 5.73. The van der Waals surface area contributed by atoms with Crippen LogP contribution in [-0.4, -0.2) is 42.4 Å². The minimum Gasteiger partial charge on any atom is -0.350 e. The molecule has 1 rings (SSSR count). The highest BCUT2D eigenvalue weighted by molar-refractivity contribution is 5.98. The largest absolute Gasteiger partial charge is 0.350 e. The van der Waals surface area contributed by atoms with Gasteiger partial charge in [0, 0.05) is 18.7 Å². The first-order chi connectivity index (χ1) is 9.82. The molecule has 6 heteroatoms. The fraction of sp³-hybridized carbons (Fsp3) is 0.533. The summed E-state index contributed by atoms with van der Waals surface area (Å²) in [5.41, 5.74) is -0.0650. The molecule has 1 atom stereocenters. The molecule has 1 N–H and O–H groups in total. The maximum absolute atomic E-state index is 12.1. The molecular weight excluding hydrogens is 270 g/mol. The summed E-state index contributed by atoms with van der Waals surface area (Å²) in [5, 5.41) is 13.7. The lowest BCUT2D eigenvalue weighted by Crippen LogP contribution is -2.41. The third kappa shape index (κ3) is 5.15. The molecule has 0 saturated heterocycles. The van der Waals surface area contributed by atoms with Gasteiger partial charge in [0.1, 0.15) is 5.56 Å². The van der Waals surface area contributed by atoms with E-state index in [4.69, 9.17) is 0 Å². The highest BCUT2D eigenvalue weighted by Gasteiger charge is 2.20. The molecule has 0 heterocycles. The van der Waals surface area contributed by atoms with Gasteiger partial charge >= 0.3 is 0 Å². The van der Waals surface area contributed by atoms with Gasteiger partial charge in [0.05, 0.1) is 4.92 Å². The zero-order valence-electron chi connectivity index (χ0n) is 13.0. The first-order valence-electron chi connectivity index (χ1n) is 7.01. The number of benzene rings is 1. The smallest absolute Gasteiger partial charge is 0.282 e. The van der Waals surface area contributed by atoms with Gasteiger partial charge < -0.3 is 10.2 Å². The van der Waals surface area contributed by atoms with E-state index in [1.54, 1.807) is 12.1 Å². The van der Waals surface area contributed by atoms with E-state index < -0.39 is 10.8 Å². The number of hydrogen-bond donors (Lipinski definition) is 1. The van der Waals surface area contributed by atoms with Crippen molar-refractivity contribution in [2.75, 3.05) is 20.6 Å². The highest BCUT2D eigenvalue weighted by atomic mass is 16.6. The standard InChI is InChI=1S/C15H23N3O3/c1-11(2)9-12(17(3)4)10-16-15(19)13-7-5-6-8-14(13)18(20)21/h5-8,11-12H,9-10H2,1-4H3,(H,16,19)/t12-/m0/s1. The first kappa shape index (κ1) is 17.1. The lowest BCUT2D eigenvalue weighted by Gasteiger charge is -2.26. The minimum atomic E-state index is -0.535. The molecule has 116 valence electrons. The monoisotopic (exact) mass is 293 g/mol. The van der Waals surface area contributed by atoms with E-state index >= 15 is 0 Å². The van der Waals surface area contributed by atoms with Crippen molar-refractivity contribution in [1.82, 2.24) is 10.2 Å². The second-order valence-electron chi connectivity index (χ2n) is 5.73. The van der Waals surface area contributed by atoms with Crippen molar-refractivity contribution < 1.29 is 9.72 Å². The molecule has 0 aromatic heterocycles. The average molecular weight is 293 g/mol. The lowest BCUT2D eigenvalue weighted by atomic mass is 10.0. The average Bonchev–Trinajstić information content (AvgIpc) is 2.42. The van der Waals surface area contributed by atoms with E-state index in [0.717, 1.165) is 6.42 Å². The van der Waals surface area contributed by atoms with Crippen LogP contribution in [-0.2, 0) is 0 Å². The van der Waals surface area contributed by atoms with E-state index in [-0.39, 0.29) is 17.3 Å². The Kier molecular flexibility index (Phi) is 6.30. The molecule has 0 radical (unpaired) electrons. The second kappa shape index (κ2) is 7.73. The van der Waals surface area contributed by atoms with Crippen LogP contribution in [0.25, 0.3) is 0 Å². The van der Waals surface area contributed by atoms with Crippen molar-refractivity contribution in [3.63, 3.8) is 0 Å². The van der Waals surface area contributed by atoms with Gasteiger partial charge in [0.25, 0.3) is 11.6 Å². The van der Waals surface area contributed by atoms with Crippen LogP contribution in [0.3, 0.4) is 0 Å². The number of likely N-dealkylation sites (N-methyl/N-ethyl adjacent to an activating group) is 1. The van der Waals surface area contributed by atoms with Crippen molar-refractivity contribution in [2.24, 2.45) is 5.92 Å². The van der Waals surface area contributed by atoms with Gasteiger partial charge in [-0.15, -0.1) is 0 Å². The van der Waals surface area contributed by atoms with E-state index in [2.05, 4.69) is 24.1 Å². The van der Waals surface area contributed by atoms with E-state index in [1.807, 2.05) is 14.1 Å². The Labute approximate surface area is 125 Å². The molecule has 1 amide bonds. The molecule has 6 nitrogen and oxygen atoms in total. The summed E-state index contributed by atoms with van der Waals surface area (Å²) in [6.07, 6.45) is 0.949. The molecule has 0 aliphatic heterocycles. The van der Waals surface area contributed by atoms with Crippen LogP contribution in [0.1, 0.15) is 30.6 Å². The molecule has 0 bridgehead atoms. The summed E-state index contributed by atoms with van der Waals surface area (Å²) in [6.45, 7) is 4.72. The van der Waals surface area contributed by atoms with Crippen molar-refractivity contribution in [1.29, 1.82) is 0 Å². The first-order valence-corrected chi connectivity index (χ1v) is 7.01. The Hall–Kier alpha value is -1.95. The van der Waals surface area contributed by atoms with Crippen molar-refractivity contribution in [3.05, 3.63) is 39.9 Å². The Morgan fingerprint density at radius 1 is 1.33 bits per heavy atom.